The number of benzene rings is 2. The Morgan fingerprint density at radius 1 is 1.15 bits per heavy atom. The average Bonchev–Trinajstić information content (AvgIpc) is 2.42. The number of nitrogens with zero attached hydrogens (tertiary/aromatic N) is 1. The summed E-state index contributed by atoms with van der Waals surface area (Å²) in [7, 11) is -2.17. The molecule has 0 aromatic heterocycles. The highest BCUT2D eigenvalue weighted by Gasteiger charge is 2.21. The zero-order chi connectivity index (χ0) is 14.8. The van der Waals surface area contributed by atoms with Gasteiger partial charge in [-0.3, -0.25) is 0 Å². The summed E-state index contributed by atoms with van der Waals surface area (Å²) in [6.45, 7) is -0.0175. The van der Waals surface area contributed by atoms with Crippen molar-refractivity contribution in [3.8, 4) is 0 Å². The molecule has 0 aliphatic rings. The first-order valence-corrected chi connectivity index (χ1v) is 8.10. The van der Waals surface area contributed by atoms with Crippen LogP contribution in [0.2, 0.25) is 0 Å². The van der Waals surface area contributed by atoms with Crippen molar-refractivity contribution in [2.45, 2.75) is 11.4 Å². The van der Waals surface area contributed by atoms with Crippen LogP contribution in [0, 0.1) is 5.82 Å². The maximum absolute atomic E-state index is 13.7. The van der Waals surface area contributed by atoms with Gasteiger partial charge in [0.15, 0.2) is 0 Å². The molecule has 0 aliphatic carbocycles. The van der Waals surface area contributed by atoms with E-state index in [9.17, 15) is 12.8 Å². The number of sulfonamides is 1. The Balaban J connectivity index is 2.26. The van der Waals surface area contributed by atoms with Crippen molar-refractivity contribution in [2.75, 3.05) is 7.05 Å². The third-order valence-corrected chi connectivity index (χ3v) is 5.17. The molecule has 0 bridgehead atoms. The number of hydrogen-bond acceptors (Lipinski definition) is 2. The summed E-state index contributed by atoms with van der Waals surface area (Å²) in [6.07, 6.45) is 0. The van der Waals surface area contributed by atoms with Gasteiger partial charge in [-0.05, 0) is 24.3 Å². The van der Waals surface area contributed by atoms with Gasteiger partial charge in [0.05, 0.1) is 4.90 Å². The van der Waals surface area contributed by atoms with E-state index in [0.29, 0.717) is 10.0 Å². The SMILES string of the molecule is CN(Cc1ccc(Br)cc1F)S(=O)(=O)c1ccccc1. The summed E-state index contributed by atoms with van der Waals surface area (Å²) in [5.74, 6) is -0.436. The van der Waals surface area contributed by atoms with Crippen molar-refractivity contribution < 1.29 is 12.8 Å². The van der Waals surface area contributed by atoms with E-state index in [1.54, 1.807) is 30.3 Å². The quantitative estimate of drug-likeness (QED) is 0.840. The molecule has 0 fully saturated rings. The highest BCUT2D eigenvalue weighted by Crippen LogP contribution is 2.20. The fourth-order valence-electron chi connectivity index (χ4n) is 1.75. The van der Waals surface area contributed by atoms with Crippen LogP contribution in [0.25, 0.3) is 0 Å². The van der Waals surface area contributed by atoms with Crippen molar-refractivity contribution in [1.82, 2.24) is 4.31 Å². The van der Waals surface area contributed by atoms with Crippen LogP contribution in [0.1, 0.15) is 5.56 Å². The molecule has 0 saturated carbocycles. The van der Waals surface area contributed by atoms with Gasteiger partial charge in [0.25, 0.3) is 0 Å². The van der Waals surface area contributed by atoms with Crippen LogP contribution in [0.4, 0.5) is 4.39 Å². The largest absolute Gasteiger partial charge is 0.243 e. The first-order chi connectivity index (χ1) is 9.41. The average molecular weight is 358 g/mol. The molecule has 0 spiro atoms. The van der Waals surface area contributed by atoms with Crippen LogP contribution in [0.3, 0.4) is 0 Å². The van der Waals surface area contributed by atoms with E-state index >= 15 is 0 Å². The molecule has 20 heavy (non-hydrogen) atoms. The van der Waals surface area contributed by atoms with E-state index in [-0.39, 0.29) is 11.4 Å². The minimum absolute atomic E-state index is 0.0175. The number of halogens is 2. The normalized spacial score (nSPS) is 11.8. The molecular formula is C14H13BrFNO2S. The number of rotatable bonds is 4. The topological polar surface area (TPSA) is 37.4 Å². The predicted molar refractivity (Wildman–Crippen MR) is 79.2 cm³/mol. The van der Waals surface area contributed by atoms with E-state index in [1.165, 1.54) is 25.2 Å². The Bertz CT molecular complexity index is 704. The van der Waals surface area contributed by atoms with E-state index in [2.05, 4.69) is 15.9 Å². The molecule has 3 nitrogen and oxygen atoms in total. The Kier molecular flexibility index (Phi) is 4.57. The second-order valence-corrected chi connectivity index (χ2v) is 7.27. The van der Waals surface area contributed by atoms with E-state index < -0.39 is 15.8 Å². The summed E-state index contributed by atoms with van der Waals surface area (Å²) in [4.78, 5) is 0.194. The minimum Gasteiger partial charge on any atom is -0.207 e. The molecular weight excluding hydrogens is 345 g/mol. The summed E-state index contributed by atoms with van der Waals surface area (Å²) in [5, 5.41) is 0. The Morgan fingerprint density at radius 2 is 1.80 bits per heavy atom. The van der Waals surface area contributed by atoms with Crippen molar-refractivity contribution >= 4 is 26.0 Å². The van der Waals surface area contributed by atoms with Gasteiger partial charge < -0.3 is 0 Å². The summed E-state index contributed by atoms with van der Waals surface area (Å²) in [6, 6.07) is 12.7. The second-order valence-electron chi connectivity index (χ2n) is 4.31. The van der Waals surface area contributed by atoms with Gasteiger partial charge in [0, 0.05) is 23.6 Å². The molecule has 0 radical (unpaired) electrons. The van der Waals surface area contributed by atoms with Crippen LogP contribution < -0.4 is 0 Å². The lowest BCUT2D eigenvalue weighted by Crippen LogP contribution is -2.26. The highest BCUT2D eigenvalue weighted by molar-refractivity contribution is 9.10. The molecule has 0 atom stereocenters. The van der Waals surface area contributed by atoms with Crippen LogP contribution in [0.5, 0.6) is 0 Å². The fourth-order valence-corrected chi connectivity index (χ4v) is 3.25. The van der Waals surface area contributed by atoms with Crippen molar-refractivity contribution in [2.24, 2.45) is 0 Å². The van der Waals surface area contributed by atoms with Crippen LogP contribution in [-0.4, -0.2) is 19.8 Å². The fraction of sp³-hybridized carbons (Fsp3) is 0.143. The lowest BCUT2D eigenvalue weighted by Gasteiger charge is -2.17. The lowest BCUT2D eigenvalue weighted by molar-refractivity contribution is 0.456. The van der Waals surface area contributed by atoms with Gasteiger partial charge >= 0.3 is 0 Å². The maximum Gasteiger partial charge on any atom is 0.243 e. The van der Waals surface area contributed by atoms with Gasteiger partial charge in [-0.1, -0.05) is 40.2 Å². The highest BCUT2D eigenvalue weighted by atomic mass is 79.9. The standard InChI is InChI=1S/C14H13BrFNO2S/c1-17(10-11-7-8-12(15)9-14(11)16)20(18,19)13-5-3-2-4-6-13/h2-9H,10H2,1H3. The second kappa shape index (κ2) is 6.03. The van der Waals surface area contributed by atoms with Gasteiger partial charge in [-0.2, -0.15) is 4.31 Å². The van der Waals surface area contributed by atoms with Gasteiger partial charge in [0.2, 0.25) is 10.0 Å². The zero-order valence-electron chi connectivity index (χ0n) is 10.8. The first-order valence-electron chi connectivity index (χ1n) is 5.86. The molecule has 0 amide bonds. The monoisotopic (exact) mass is 357 g/mol. The third-order valence-electron chi connectivity index (χ3n) is 2.86. The molecule has 0 aliphatic heterocycles. The van der Waals surface area contributed by atoms with E-state index in [4.69, 9.17) is 0 Å². The summed E-state index contributed by atoms with van der Waals surface area (Å²) < 4.78 is 40.1. The van der Waals surface area contributed by atoms with E-state index in [0.717, 1.165) is 4.31 Å². The van der Waals surface area contributed by atoms with Crippen molar-refractivity contribution in [3.63, 3.8) is 0 Å². The smallest absolute Gasteiger partial charge is 0.207 e. The van der Waals surface area contributed by atoms with Crippen molar-refractivity contribution in [3.05, 3.63) is 64.4 Å². The van der Waals surface area contributed by atoms with Gasteiger partial charge in [-0.15, -0.1) is 0 Å². The van der Waals surface area contributed by atoms with Gasteiger partial charge in [-0.25, -0.2) is 12.8 Å². The summed E-state index contributed by atoms with van der Waals surface area (Å²) in [5.41, 5.74) is 0.329. The Labute approximate surface area is 126 Å². The predicted octanol–water partition coefficient (Wildman–Crippen LogP) is 3.41. The Hall–Kier alpha value is -1.24. The minimum atomic E-state index is -3.61. The molecule has 106 valence electrons. The Morgan fingerprint density at radius 3 is 2.40 bits per heavy atom. The maximum atomic E-state index is 13.7. The third kappa shape index (κ3) is 3.26. The van der Waals surface area contributed by atoms with Crippen LogP contribution in [-0.2, 0) is 16.6 Å². The molecule has 2 aromatic rings. The molecule has 0 saturated heterocycles. The molecule has 0 unspecified atom stereocenters. The van der Waals surface area contributed by atoms with Crippen molar-refractivity contribution in [1.29, 1.82) is 0 Å². The summed E-state index contributed by atoms with van der Waals surface area (Å²) >= 11 is 3.17. The van der Waals surface area contributed by atoms with E-state index in [1.807, 2.05) is 0 Å². The molecule has 6 heteroatoms. The zero-order valence-corrected chi connectivity index (χ0v) is 13.2. The molecule has 0 heterocycles. The molecule has 2 aromatic carbocycles. The first kappa shape index (κ1) is 15.2. The lowest BCUT2D eigenvalue weighted by atomic mass is 10.2. The van der Waals surface area contributed by atoms with Gasteiger partial charge in [0.1, 0.15) is 5.82 Å². The van der Waals surface area contributed by atoms with Crippen LogP contribution >= 0.6 is 15.9 Å². The number of hydrogen-bond donors (Lipinski definition) is 0. The molecule has 2 rings (SSSR count). The van der Waals surface area contributed by atoms with Crippen LogP contribution in [0.15, 0.2) is 57.9 Å². The molecule has 0 N–H and O–H groups in total.